The Morgan fingerprint density at radius 3 is 2.54 bits per heavy atom. The number of rotatable bonds is 10. The zero-order valence-corrected chi connectivity index (χ0v) is 17.5. The highest BCUT2D eigenvalue weighted by molar-refractivity contribution is 8.75. The highest BCUT2D eigenvalue weighted by Crippen LogP contribution is 2.36. The molecule has 1 fully saturated rings. The molecule has 0 bridgehead atoms. The second-order valence-corrected chi connectivity index (χ2v) is 8.12. The lowest BCUT2D eigenvalue weighted by molar-refractivity contribution is -0.200. The van der Waals surface area contributed by atoms with Crippen LogP contribution in [0.2, 0.25) is 0 Å². The summed E-state index contributed by atoms with van der Waals surface area (Å²) in [6.45, 7) is 3.68. The van der Waals surface area contributed by atoms with Gasteiger partial charge in [-0.1, -0.05) is 32.8 Å². The van der Waals surface area contributed by atoms with Gasteiger partial charge in [-0.3, -0.25) is 18.7 Å². The smallest absolute Gasteiger partial charge is 0.328 e. The van der Waals surface area contributed by atoms with Gasteiger partial charge in [0, 0.05) is 36.4 Å². The van der Waals surface area contributed by atoms with Gasteiger partial charge in [0.05, 0.1) is 0 Å². The number of amides is 3. The van der Waals surface area contributed by atoms with E-state index in [1.165, 1.54) is 15.1 Å². The minimum absolute atomic E-state index is 0.0215. The minimum Gasteiger partial charge on any atom is -0.328 e. The Kier molecular flexibility index (Phi) is 8.78. The van der Waals surface area contributed by atoms with Crippen LogP contribution in [0.5, 0.6) is 0 Å². The summed E-state index contributed by atoms with van der Waals surface area (Å²) in [4.78, 5) is 58.1. The van der Waals surface area contributed by atoms with Gasteiger partial charge in [0.25, 0.3) is 11.8 Å². The summed E-state index contributed by atoms with van der Waals surface area (Å²) in [5, 5.41) is 1.21. The van der Waals surface area contributed by atoms with Crippen molar-refractivity contribution in [3.63, 3.8) is 0 Å². The highest BCUT2D eigenvalue weighted by atomic mass is 33.1. The Morgan fingerprint density at radius 2 is 1.96 bits per heavy atom. The Hall–Kier alpha value is -2.07. The van der Waals surface area contributed by atoms with Gasteiger partial charge in [-0.25, -0.2) is 9.78 Å². The molecule has 2 heterocycles. The molecule has 1 aliphatic heterocycles. The molecule has 1 unspecified atom stereocenters. The van der Waals surface area contributed by atoms with Crippen molar-refractivity contribution in [3.8, 4) is 0 Å². The fourth-order valence-electron chi connectivity index (χ4n) is 2.43. The molecule has 28 heavy (non-hydrogen) atoms. The first-order valence-corrected chi connectivity index (χ1v) is 11.2. The molecule has 0 N–H and O–H groups in total. The van der Waals surface area contributed by atoms with E-state index >= 15 is 0 Å². The number of nitrogens with zero attached hydrogens (tertiary/aromatic N) is 3. The maximum Gasteiger partial charge on any atom is 0.356 e. The number of carbonyl (C=O) groups is 4. The molecule has 1 saturated heterocycles. The quantitative estimate of drug-likeness (QED) is 0.320. The number of aromatic nitrogens is 1. The Balaban J connectivity index is 2.16. The van der Waals surface area contributed by atoms with Crippen LogP contribution in [0.25, 0.3) is 0 Å². The molecule has 0 radical (unpaired) electrons. The van der Waals surface area contributed by atoms with Crippen molar-refractivity contribution in [2.75, 3.05) is 0 Å². The molecule has 0 spiro atoms. The lowest BCUT2D eigenvalue weighted by atomic mass is 10.1. The highest BCUT2D eigenvalue weighted by Gasteiger charge is 2.38. The third-order valence-electron chi connectivity index (χ3n) is 3.96. The number of imide groups is 1. The van der Waals surface area contributed by atoms with E-state index in [0.29, 0.717) is 22.9 Å². The number of pyridine rings is 1. The minimum atomic E-state index is -0.908. The zero-order chi connectivity index (χ0) is 20.5. The first kappa shape index (κ1) is 22.2. The van der Waals surface area contributed by atoms with Gasteiger partial charge < -0.3 is 4.84 Å². The van der Waals surface area contributed by atoms with Gasteiger partial charge in [-0.15, -0.1) is 5.06 Å². The number of hydroxylamine groups is 2. The predicted molar refractivity (Wildman–Crippen MR) is 105 cm³/mol. The van der Waals surface area contributed by atoms with Gasteiger partial charge in [0.1, 0.15) is 11.1 Å². The first-order valence-electron chi connectivity index (χ1n) is 9.13. The van der Waals surface area contributed by atoms with Gasteiger partial charge in [-0.05, 0) is 29.3 Å². The third kappa shape index (κ3) is 5.96. The van der Waals surface area contributed by atoms with E-state index in [0.717, 1.165) is 17.4 Å². The van der Waals surface area contributed by atoms with Gasteiger partial charge in [0.2, 0.25) is 5.91 Å². The third-order valence-corrected chi connectivity index (χ3v) is 6.29. The lowest BCUT2D eigenvalue weighted by Gasteiger charge is -2.28. The van der Waals surface area contributed by atoms with Crippen LogP contribution in [0.1, 0.15) is 52.4 Å². The Labute approximate surface area is 171 Å². The van der Waals surface area contributed by atoms with Crippen LogP contribution in [0.4, 0.5) is 0 Å². The molecule has 8 nitrogen and oxygen atoms in total. The monoisotopic (exact) mass is 425 g/mol. The van der Waals surface area contributed by atoms with Crippen molar-refractivity contribution in [2.45, 2.75) is 63.4 Å². The van der Waals surface area contributed by atoms with Crippen LogP contribution in [-0.2, 0) is 24.0 Å². The molecule has 1 aliphatic rings. The average molecular weight is 426 g/mol. The topological polar surface area (TPSA) is 96.9 Å². The van der Waals surface area contributed by atoms with Gasteiger partial charge in [-0.2, -0.15) is 0 Å². The molecule has 3 amide bonds. The summed E-state index contributed by atoms with van der Waals surface area (Å²) >= 11 is 0. The first-order chi connectivity index (χ1) is 13.5. The second kappa shape index (κ2) is 11.1. The van der Waals surface area contributed by atoms with Gasteiger partial charge in [0.15, 0.2) is 0 Å². The van der Waals surface area contributed by atoms with Crippen molar-refractivity contribution >= 4 is 45.5 Å². The van der Waals surface area contributed by atoms with E-state index in [2.05, 4.69) is 4.98 Å². The van der Waals surface area contributed by atoms with Crippen LogP contribution in [-0.4, -0.2) is 44.1 Å². The number of hydrogen-bond acceptors (Lipinski definition) is 8. The van der Waals surface area contributed by atoms with Crippen molar-refractivity contribution in [3.05, 3.63) is 24.4 Å². The normalized spacial score (nSPS) is 14.9. The van der Waals surface area contributed by atoms with Crippen LogP contribution >= 0.6 is 21.8 Å². The molecule has 152 valence electrons. The predicted octanol–water partition coefficient (Wildman–Crippen LogP) is 3.14. The summed E-state index contributed by atoms with van der Waals surface area (Å²) in [5.41, 5.74) is 0. The van der Waals surface area contributed by atoms with E-state index in [-0.39, 0.29) is 25.2 Å². The molecule has 1 aromatic heterocycles. The summed E-state index contributed by atoms with van der Waals surface area (Å²) in [6, 6.07) is 4.51. The van der Waals surface area contributed by atoms with E-state index in [1.54, 1.807) is 25.3 Å². The van der Waals surface area contributed by atoms with Crippen LogP contribution in [0.3, 0.4) is 0 Å². The molecular weight excluding hydrogens is 402 g/mol. The molecule has 10 heteroatoms. The molecule has 0 aromatic carbocycles. The van der Waals surface area contributed by atoms with Crippen molar-refractivity contribution in [1.82, 2.24) is 14.4 Å². The Bertz CT molecular complexity index is 700. The molecule has 1 atom stereocenters. The summed E-state index contributed by atoms with van der Waals surface area (Å²) in [7, 11) is 2.35. The molecular formula is C18H23N3O5S2. The zero-order valence-electron chi connectivity index (χ0n) is 15.8. The van der Waals surface area contributed by atoms with Crippen molar-refractivity contribution < 1.29 is 24.0 Å². The second-order valence-electron chi connectivity index (χ2n) is 6.05. The van der Waals surface area contributed by atoms with E-state index < -0.39 is 23.8 Å². The maximum absolute atomic E-state index is 12.8. The lowest BCUT2D eigenvalue weighted by Crippen LogP contribution is -2.44. The Morgan fingerprint density at radius 1 is 1.25 bits per heavy atom. The molecule has 1 aromatic rings. The van der Waals surface area contributed by atoms with Crippen LogP contribution < -0.4 is 0 Å². The summed E-state index contributed by atoms with van der Waals surface area (Å²) < 4.78 is 1.36. The largest absolute Gasteiger partial charge is 0.356 e. The van der Waals surface area contributed by atoms with Gasteiger partial charge >= 0.3 is 5.97 Å². The maximum atomic E-state index is 12.8. The summed E-state index contributed by atoms with van der Waals surface area (Å²) in [5.74, 6) is -2.12. The van der Waals surface area contributed by atoms with Crippen LogP contribution in [0, 0.1) is 0 Å². The molecule has 0 aliphatic carbocycles. The standard InChI is InChI=1S/C18H23N3O5S2/c1-3-5-8-13(18(25)26-20-16(23)10-11-17(20)24)21(15(22)4-2)28-27-14-9-6-7-12-19-14/h6-7,9,12-13H,3-5,8,10-11H2,1-2H3. The molecule has 2 rings (SSSR count). The fourth-order valence-corrected chi connectivity index (χ4v) is 4.66. The SMILES string of the molecule is CCCCC(C(=O)ON1C(=O)CCC1=O)N(SSc1ccccn1)C(=O)CC. The number of carbonyl (C=O) groups excluding carboxylic acids is 4. The van der Waals surface area contributed by atoms with Crippen molar-refractivity contribution in [1.29, 1.82) is 0 Å². The number of unbranched alkanes of at least 4 members (excludes halogenated alkanes) is 1. The summed E-state index contributed by atoms with van der Waals surface area (Å²) in [6.07, 6.45) is 3.76. The van der Waals surface area contributed by atoms with Crippen LogP contribution in [0.15, 0.2) is 29.4 Å². The van der Waals surface area contributed by atoms with E-state index in [9.17, 15) is 19.2 Å². The molecule has 0 saturated carbocycles. The number of hydrogen-bond donors (Lipinski definition) is 0. The van der Waals surface area contributed by atoms with Crippen molar-refractivity contribution in [2.24, 2.45) is 0 Å². The average Bonchev–Trinajstić information content (AvgIpc) is 3.02. The van der Waals surface area contributed by atoms with E-state index in [1.807, 2.05) is 13.0 Å². The fraction of sp³-hybridized carbons (Fsp3) is 0.500. The van der Waals surface area contributed by atoms with E-state index in [4.69, 9.17) is 4.84 Å².